The Morgan fingerprint density at radius 2 is 2.17 bits per heavy atom. The van der Waals surface area contributed by atoms with Gasteiger partial charge >= 0.3 is 0 Å². The van der Waals surface area contributed by atoms with Crippen LogP contribution in [0, 0.1) is 19.3 Å². The molecule has 0 saturated carbocycles. The minimum absolute atomic E-state index is 0.148. The van der Waals surface area contributed by atoms with Crippen LogP contribution in [-0.2, 0) is 11.3 Å². The van der Waals surface area contributed by atoms with Gasteiger partial charge in [0.25, 0.3) is 5.91 Å². The van der Waals surface area contributed by atoms with Gasteiger partial charge in [-0.05, 0) is 57.2 Å². The van der Waals surface area contributed by atoms with E-state index >= 15 is 0 Å². The highest BCUT2D eigenvalue weighted by Crippen LogP contribution is 2.42. The molecule has 29 heavy (non-hydrogen) atoms. The topological polar surface area (TPSA) is 58.6 Å². The van der Waals surface area contributed by atoms with E-state index in [0.717, 1.165) is 67.6 Å². The molecule has 0 N–H and O–H groups in total. The summed E-state index contributed by atoms with van der Waals surface area (Å²) in [5.74, 6) is 0.148. The Morgan fingerprint density at radius 1 is 1.38 bits per heavy atom. The lowest BCUT2D eigenvalue weighted by Crippen LogP contribution is -2.43. The van der Waals surface area contributed by atoms with Crippen molar-refractivity contribution in [3.05, 3.63) is 45.7 Å². The predicted octanol–water partition coefficient (Wildman–Crippen LogP) is 3.30. The largest absolute Gasteiger partial charge is 0.376 e. The van der Waals surface area contributed by atoms with Gasteiger partial charge in [0, 0.05) is 38.6 Å². The molecule has 156 valence electrons. The van der Waals surface area contributed by atoms with E-state index in [-0.39, 0.29) is 17.4 Å². The number of carbonyl (C=O) groups excluding carboxylic acids is 1. The number of aryl methyl sites for hydroxylation is 2. The number of pyridine rings is 1. The first-order valence-electron chi connectivity index (χ1n) is 10.4. The lowest BCUT2D eigenvalue weighted by molar-refractivity contribution is 0.0459. The second-order valence-electron chi connectivity index (χ2n) is 8.63. The van der Waals surface area contributed by atoms with Gasteiger partial charge in [-0.25, -0.2) is 4.98 Å². The quantitative estimate of drug-likeness (QED) is 0.751. The number of nitrogens with zero attached hydrogens (tertiary/aromatic N) is 4. The molecule has 4 rings (SSSR count). The van der Waals surface area contributed by atoms with Crippen molar-refractivity contribution in [3.63, 3.8) is 0 Å². The molecular weight excluding hydrogens is 384 g/mol. The van der Waals surface area contributed by atoms with Crippen molar-refractivity contribution in [1.29, 1.82) is 0 Å². The first-order valence-corrected chi connectivity index (χ1v) is 11.2. The zero-order valence-corrected chi connectivity index (χ0v) is 18.4. The summed E-state index contributed by atoms with van der Waals surface area (Å²) in [6.45, 7) is 8.16. The van der Waals surface area contributed by atoms with Crippen molar-refractivity contribution in [1.82, 2.24) is 19.8 Å². The van der Waals surface area contributed by atoms with Crippen LogP contribution in [0.4, 0.5) is 0 Å². The second-order valence-corrected chi connectivity index (χ2v) is 9.84. The molecule has 0 aromatic carbocycles. The number of aromatic nitrogens is 2. The Kier molecular flexibility index (Phi) is 5.99. The van der Waals surface area contributed by atoms with Gasteiger partial charge < -0.3 is 9.64 Å². The Balaban J connectivity index is 1.28. The third kappa shape index (κ3) is 4.68. The molecule has 1 atom stereocenters. The number of piperidine rings is 1. The summed E-state index contributed by atoms with van der Waals surface area (Å²) >= 11 is 1.51. The van der Waals surface area contributed by atoms with Gasteiger partial charge in [-0.15, -0.1) is 11.3 Å². The van der Waals surface area contributed by atoms with E-state index in [0.29, 0.717) is 0 Å². The van der Waals surface area contributed by atoms with Gasteiger partial charge in [0.15, 0.2) is 0 Å². The van der Waals surface area contributed by atoms with Crippen molar-refractivity contribution < 1.29 is 9.53 Å². The number of amides is 1. The van der Waals surface area contributed by atoms with Gasteiger partial charge in [-0.3, -0.25) is 14.7 Å². The third-order valence-electron chi connectivity index (χ3n) is 6.19. The van der Waals surface area contributed by atoms with Crippen LogP contribution in [0.15, 0.2) is 24.5 Å². The molecule has 7 heteroatoms. The lowest BCUT2D eigenvalue weighted by atomic mass is 9.76. The number of rotatable bonds is 5. The fourth-order valence-electron chi connectivity index (χ4n) is 4.63. The van der Waals surface area contributed by atoms with E-state index in [1.807, 2.05) is 37.2 Å². The molecule has 1 amide bonds. The number of ether oxygens (including phenoxy) is 1. The maximum Gasteiger partial charge on any atom is 0.265 e. The molecule has 2 aliphatic rings. The molecule has 0 radical (unpaired) electrons. The van der Waals surface area contributed by atoms with Crippen LogP contribution < -0.4 is 0 Å². The molecule has 0 bridgehead atoms. The van der Waals surface area contributed by atoms with Crippen molar-refractivity contribution in [2.75, 3.05) is 33.3 Å². The Labute approximate surface area is 176 Å². The van der Waals surface area contributed by atoms with Crippen LogP contribution in [0.1, 0.15) is 45.2 Å². The minimum atomic E-state index is 0.148. The maximum absolute atomic E-state index is 12.9. The molecule has 2 aliphatic heterocycles. The van der Waals surface area contributed by atoms with E-state index in [1.165, 1.54) is 16.9 Å². The molecule has 1 spiro atoms. The fourth-order valence-corrected chi connectivity index (χ4v) is 5.52. The Bertz CT molecular complexity index is 846. The van der Waals surface area contributed by atoms with Crippen LogP contribution in [0.25, 0.3) is 0 Å². The number of likely N-dealkylation sites (N-methyl/N-ethyl adjacent to an activating group) is 1. The van der Waals surface area contributed by atoms with E-state index < -0.39 is 0 Å². The highest BCUT2D eigenvalue weighted by molar-refractivity contribution is 7.13. The smallest absolute Gasteiger partial charge is 0.265 e. The van der Waals surface area contributed by atoms with Gasteiger partial charge in [0.2, 0.25) is 0 Å². The van der Waals surface area contributed by atoms with Crippen molar-refractivity contribution in [3.8, 4) is 0 Å². The highest BCUT2D eigenvalue weighted by atomic mass is 32.1. The molecule has 2 aromatic rings. The molecular formula is C22H30N4O2S. The highest BCUT2D eigenvalue weighted by Gasteiger charge is 2.43. The van der Waals surface area contributed by atoms with Crippen LogP contribution in [0.3, 0.4) is 0 Å². The molecule has 4 heterocycles. The summed E-state index contributed by atoms with van der Waals surface area (Å²) in [7, 11) is 2.14. The Hall–Kier alpha value is -1.83. The van der Waals surface area contributed by atoms with Crippen LogP contribution in [0.2, 0.25) is 0 Å². The van der Waals surface area contributed by atoms with Crippen molar-refractivity contribution >= 4 is 17.2 Å². The summed E-state index contributed by atoms with van der Waals surface area (Å²) < 4.78 is 6.19. The van der Waals surface area contributed by atoms with Crippen molar-refractivity contribution in [2.24, 2.45) is 5.41 Å². The predicted molar refractivity (Wildman–Crippen MR) is 114 cm³/mol. The number of likely N-dealkylation sites (tertiary alicyclic amines) is 1. The van der Waals surface area contributed by atoms with Crippen LogP contribution in [-0.4, -0.2) is 65.1 Å². The zero-order chi connectivity index (χ0) is 20.4. The molecule has 2 fully saturated rings. The van der Waals surface area contributed by atoms with Crippen LogP contribution in [0.5, 0.6) is 0 Å². The number of thiazole rings is 1. The van der Waals surface area contributed by atoms with E-state index in [9.17, 15) is 4.79 Å². The molecule has 6 nitrogen and oxygen atoms in total. The average molecular weight is 415 g/mol. The van der Waals surface area contributed by atoms with E-state index in [1.54, 1.807) is 0 Å². The van der Waals surface area contributed by atoms with Gasteiger partial charge in [-0.2, -0.15) is 0 Å². The number of hydrogen-bond acceptors (Lipinski definition) is 6. The van der Waals surface area contributed by atoms with E-state index in [2.05, 4.69) is 28.0 Å². The first kappa shape index (κ1) is 20.4. The normalized spacial score (nSPS) is 21.2. The third-order valence-corrected chi connectivity index (χ3v) is 7.25. The SMILES string of the molecule is Cc1nc(C)c(C(=O)N2CCC3(CC2)COC(CN(C)Cc2cccnc2)C3)s1. The molecule has 2 aromatic heterocycles. The summed E-state index contributed by atoms with van der Waals surface area (Å²) in [4.78, 5) is 26.6. The number of carbonyl (C=O) groups is 1. The maximum atomic E-state index is 12.9. The standard InChI is InChI=1S/C22H30N4O2S/c1-16-20(29-17(2)24-16)21(27)26-9-6-22(7-10-26)11-19(28-15-22)14-25(3)13-18-5-4-8-23-12-18/h4-5,8,12,19H,6-7,9-11,13-15H2,1-3H3. The lowest BCUT2D eigenvalue weighted by Gasteiger charge is -2.38. The molecule has 2 saturated heterocycles. The molecule has 0 aliphatic carbocycles. The summed E-state index contributed by atoms with van der Waals surface area (Å²) in [6.07, 6.45) is 7.14. The fraction of sp³-hybridized carbons (Fsp3) is 0.591. The summed E-state index contributed by atoms with van der Waals surface area (Å²) in [5, 5.41) is 0.960. The zero-order valence-electron chi connectivity index (χ0n) is 17.6. The Morgan fingerprint density at radius 3 is 2.83 bits per heavy atom. The van der Waals surface area contributed by atoms with Gasteiger partial charge in [0.05, 0.1) is 23.4 Å². The van der Waals surface area contributed by atoms with E-state index in [4.69, 9.17) is 4.74 Å². The summed E-state index contributed by atoms with van der Waals surface area (Å²) in [6, 6.07) is 4.09. The average Bonchev–Trinajstić information content (AvgIpc) is 3.25. The van der Waals surface area contributed by atoms with Crippen molar-refractivity contribution in [2.45, 2.75) is 45.8 Å². The minimum Gasteiger partial charge on any atom is -0.376 e. The first-order chi connectivity index (χ1) is 13.9. The second kappa shape index (κ2) is 8.50. The molecule has 1 unspecified atom stereocenters. The number of hydrogen-bond donors (Lipinski definition) is 0. The summed E-state index contributed by atoms with van der Waals surface area (Å²) in [5.41, 5.74) is 2.32. The van der Waals surface area contributed by atoms with Gasteiger partial charge in [0.1, 0.15) is 4.88 Å². The van der Waals surface area contributed by atoms with Crippen LogP contribution >= 0.6 is 11.3 Å². The van der Waals surface area contributed by atoms with Gasteiger partial charge in [-0.1, -0.05) is 6.07 Å². The monoisotopic (exact) mass is 414 g/mol.